The minimum Gasteiger partial charge on any atom is -0.386 e. The van der Waals surface area contributed by atoms with Crippen LogP contribution in [0.25, 0.3) is 0 Å². The van der Waals surface area contributed by atoms with Crippen LogP contribution in [0.4, 0.5) is 0 Å². The summed E-state index contributed by atoms with van der Waals surface area (Å²) in [6.07, 6.45) is -0.419. The van der Waals surface area contributed by atoms with Crippen LogP contribution in [-0.4, -0.2) is 30.1 Å². The molecule has 1 aliphatic heterocycles. The summed E-state index contributed by atoms with van der Waals surface area (Å²) in [7, 11) is 0. The largest absolute Gasteiger partial charge is 0.386 e. The summed E-state index contributed by atoms with van der Waals surface area (Å²) in [4.78, 5) is 3.99. The molecule has 0 spiro atoms. The van der Waals surface area contributed by atoms with Gasteiger partial charge in [0.15, 0.2) is 0 Å². The van der Waals surface area contributed by atoms with Crippen LogP contribution in [-0.2, 0) is 0 Å². The lowest BCUT2D eigenvalue weighted by Gasteiger charge is -2.02. The average Bonchev–Trinajstić information content (AvgIpc) is 2.12. The van der Waals surface area contributed by atoms with Crippen LogP contribution < -0.4 is 5.32 Å². The van der Waals surface area contributed by atoms with E-state index in [4.69, 9.17) is 5.11 Å². The zero-order chi connectivity index (χ0) is 5.98. The molecule has 0 fully saturated rings. The molecule has 3 nitrogen and oxygen atoms in total. The number of rotatable bonds is 1. The molecule has 0 aromatic carbocycles. The monoisotopic (exact) mass is 114 g/mol. The van der Waals surface area contributed by atoms with Gasteiger partial charge in [0.1, 0.15) is 11.9 Å². The van der Waals surface area contributed by atoms with Crippen molar-refractivity contribution in [1.29, 1.82) is 0 Å². The second-order valence-corrected chi connectivity index (χ2v) is 1.87. The predicted octanol–water partition coefficient (Wildman–Crippen LogP) is -0.631. The summed E-state index contributed by atoms with van der Waals surface area (Å²) in [5, 5.41) is 11.8. The van der Waals surface area contributed by atoms with Crippen LogP contribution >= 0.6 is 0 Å². The van der Waals surface area contributed by atoms with E-state index in [1.807, 2.05) is 0 Å². The molecule has 1 rings (SSSR count). The first-order chi connectivity index (χ1) is 3.80. The Balaban J connectivity index is 2.45. The van der Waals surface area contributed by atoms with Crippen molar-refractivity contribution < 1.29 is 5.11 Å². The van der Waals surface area contributed by atoms with Crippen LogP contribution in [0.3, 0.4) is 0 Å². The smallest absolute Gasteiger partial charge is 0.125 e. The number of aliphatic imine (C=N–C) groups is 1. The standard InChI is InChI=1S/C5H10N2O/c1-4(8)5-6-2-3-7-5/h4,8H,2-3H2,1H3,(H,6,7). The summed E-state index contributed by atoms with van der Waals surface area (Å²) in [5.74, 6) is 0.727. The number of nitrogens with one attached hydrogen (secondary N) is 1. The van der Waals surface area contributed by atoms with Gasteiger partial charge in [0.2, 0.25) is 0 Å². The van der Waals surface area contributed by atoms with Crippen molar-refractivity contribution in [3.63, 3.8) is 0 Å². The Labute approximate surface area is 48.4 Å². The highest BCUT2D eigenvalue weighted by molar-refractivity contribution is 5.87. The highest BCUT2D eigenvalue weighted by Gasteiger charge is 2.08. The SMILES string of the molecule is CC(O)C1=NCCN1. The molecule has 1 atom stereocenters. The molecule has 1 heterocycles. The molecule has 0 radical (unpaired) electrons. The zero-order valence-electron chi connectivity index (χ0n) is 4.89. The van der Waals surface area contributed by atoms with Gasteiger partial charge < -0.3 is 10.4 Å². The second kappa shape index (κ2) is 2.13. The maximum Gasteiger partial charge on any atom is 0.125 e. The lowest BCUT2D eigenvalue weighted by atomic mass is 10.4. The van der Waals surface area contributed by atoms with Crippen molar-refractivity contribution in [1.82, 2.24) is 5.32 Å². The van der Waals surface area contributed by atoms with Gasteiger partial charge in [0, 0.05) is 6.54 Å². The molecule has 46 valence electrons. The third-order valence-corrected chi connectivity index (χ3v) is 1.10. The zero-order valence-corrected chi connectivity index (χ0v) is 4.89. The lowest BCUT2D eigenvalue weighted by molar-refractivity contribution is 0.259. The van der Waals surface area contributed by atoms with Gasteiger partial charge in [-0.15, -0.1) is 0 Å². The van der Waals surface area contributed by atoms with Gasteiger partial charge >= 0.3 is 0 Å². The number of nitrogens with zero attached hydrogens (tertiary/aromatic N) is 1. The third kappa shape index (κ3) is 0.980. The van der Waals surface area contributed by atoms with E-state index < -0.39 is 6.10 Å². The summed E-state index contributed by atoms with van der Waals surface area (Å²) in [6, 6.07) is 0. The van der Waals surface area contributed by atoms with E-state index in [9.17, 15) is 0 Å². The van der Waals surface area contributed by atoms with Crippen LogP contribution in [0.15, 0.2) is 4.99 Å². The van der Waals surface area contributed by atoms with E-state index in [1.165, 1.54) is 0 Å². The van der Waals surface area contributed by atoms with Crippen molar-refractivity contribution in [2.45, 2.75) is 13.0 Å². The lowest BCUT2D eigenvalue weighted by Crippen LogP contribution is -2.28. The van der Waals surface area contributed by atoms with E-state index in [2.05, 4.69) is 10.3 Å². The molecule has 1 aliphatic rings. The Morgan fingerprint density at radius 2 is 2.62 bits per heavy atom. The number of aliphatic hydroxyl groups is 1. The second-order valence-electron chi connectivity index (χ2n) is 1.87. The molecule has 8 heavy (non-hydrogen) atoms. The van der Waals surface area contributed by atoms with Crippen molar-refractivity contribution in [3.05, 3.63) is 0 Å². The van der Waals surface area contributed by atoms with Crippen LogP contribution in [0.1, 0.15) is 6.92 Å². The Hall–Kier alpha value is -0.570. The molecule has 0 amide bonds. The number of hydrogen-bond donors (Lipinski definition) is 2. The van der Waals surface area contributed by atoms with Gasteiger partial charge in [0.25, 0.3) is 0 Å². The Bertz CT molecular complexity index is 109. The van der Waals surface area contributed by atoms with Crippen LogP contribution in [0.5, 0.6) is 0 Å². The number of hydrogen-bond acceptors (Lipinski definition) is 3. The molecule has 3 heteroatoms. The fourth-order valence-electron chi connectivity index (χ4n) is 0.696. The first-order valence-corrected chi connectivity index (χ1v) is 2.77. The van der Waals surface area contributed by atoms with Gasteiger partial charge in [-0.3, -0.25) is 4.99 Å². The van der Waals surface area contributed by atoms with Gasteiger partial charge in [-0.25, -0.2) is 0 Å². The van der Waals surface area contributed by atoms with Crippen molar-refractivity contribution >= 4 is 5.84 Å². The van der Waals surface area contributed by atoms with E-state index >= 15 is 0 Å². The molecule has 0 saturated heterocycles. The summed E-state index contributed by atoms with van der Waals surface area (Å²) in [5.41, 5.74) is 0. The van der Waals surface area contributed by atoms with Gasteiger partial charge in [-0.2, -0.15) is 0 Å². The highest BCUT2D eigenvalue weighted by Crippen LogP contribution is 1.89. The molecule has 1 unspecified atom stereocenters. The van der Waals surface area contributed by atoms with E-state index in [1.54, 1.807) is 6.92 Å². The maximum absolute atomic E-state index is 8.86. The normalized spacial score (nSPS) is 22.0. The summed E-state index contributed by atoms with van der Waals surface area (Å²) in [6.45, 7) is 3.39. The predicted molar refractivity (Wildman–Crippen MR) is 32.0 cm³/mol. The fraction of sp³-hybridized carbons (Fsp3) is 0.800. The van der Waals surface area contributed by atoms with Gasteiger partial charge in [-0.05, 0) is 6.92 Å². The Morgan fingerprint density at radius 1 is 1.88 bits per heavy atom. The van der Waals surface area contributed by atoms with Crippen molar-refractivity contribution in [2.75, 3.05) is 13.1 Å². The van der Waals surface area contributed by atoms with E-state index in [0.29, 0.717) is 0 Å². The summed E-state index contributed by atoms with van der Waals surface area (Å²) < 4.78 is 0. The first-order valence-electron chi connectivity index (χ1n) is 2.77. The molecule has 2 N–H and O–H groups in total. The minimum absolute atomic E-state index is 0.419. The van der Waals surface area contributed by atoms with Crippen molar-refractivity contribution in [2.24, 2.45) is 4.99 Å². The van der Waals surface area contributed by atoms with E-state index in [-0.39, 0.29) is 0 Å². The maximum atomic E-state index is 8.86. The van der Waals surface area contributed by atoms with E-state index in [0.717, 1.165) is 18.9 Å². The summed E-state index contributed by atoms with van der Waals surface area (Å²) >= 11 is 0. The van der Waals surface area contributed by atoms with Gasteiger partial charge in [0.05, 0.1) is 6.54 Å². The third-order valence-electron chi connectivity index (χ3n) is 1.10. The van der Waals surface area contributed by atoms with Crippen molar-refractivity contribution in [3.8, 4) is 0 Å². The minimum atomic E-state index is -0.419. The molecule has 0 aliphatic carbocycles. The average molecular weight is 114 g/mol. The molecule has 0 aromatic heterocycles. The first kappa shape index (κ1) is 5.56. The van der Waals surface area contributed by atoms with Gasteiger partial charge in [-0.1, -0.05) is 0 Å². The molecular formula is C5H10N2O. The highest BCUT2D eigenvalue weighted by atomic mass is 16.3. The molecule has 0 aromatic rings. The topological polar surface area (TPSA) is 44.6 Å². The number of amidine groups is 1. The van der Waals surface area contributed by atoms with Crippen LogP contribution in [0, 0.1) is 0 Å². The quantitative estimate of drug-likeness (QED) is 0.476. The molecule has 0 bridgehead atoms. The molecule has 0 saturated carbocycles. The Morgan fingerprint density at radius 3 is 2.88 bits per heavy atom. The van der Waals surface area contributed by atoms with Crippen LogP contribution in [0.2, 0.25) is 0 Å². The molecular weight excluding hydrogens is 104 g/mol. The Kier molecular flexibility index (Phi) is 1.48. The fourth-order valence-corrected chi connectivity index (χ4v) is 0.696. The number of aliphatic hydroxyl groups excluding tert-OH is 1.